The van der Waals surface area contributed by atoms with Crippen LogP contribution in [0.5, 0.6) is 0 Å². The van der Waals surface area contributed by atoms with Crippen LogP contribution >= 0.6 is 0 Å². The molecule has 4 amide bonds. The smallest absolute Gasteiger partial charge is 0.340 e. The van der Waals surface area contributed by atoms with Gasteiger partial charge in [0.1, 0.15) is 11.3 Å². The fourth-order valence-electron chi connectivity index (χ4n) is 4.04. The molecule has 9 nitrogen and oxygen atoms in total. The molecule has 3 aromatic rings. The normalized spacial score (nSPS) is 14.7. The summed E-state index contributed by atoms with van der Waals surface area (Å²) in [6, 6.07) is 7.99. The number of urea groups is 1. The highest BCUT2D eigenvalue weighted by Gasteiger charge is 2.32. The molecule has 35 heavy (non-hydrogen) atoms. The first kappa shape index (κ1) is 24.0. The molecule has 0 radical (unpaired) electrons. The second-order valence-electron chi connectivity index (χ2n) is 8.15. The molecular weight excluding hydrogens is 465 g/mol. The molecule has 0 saturated carbocycles. The van der Waals surface area contributed by atoms with Gasteiger partial charge in [-0.2, -0.15) is 13.2 Å². The summed E-state index contributed by atoms with van der Waals surface area (Å²) in [4.78, 5) is 43.2. The van der Waals surface area contributed by atoms with Crippen molar-refractivity contribution in [2.24, 2.45) is 0 Å². The first-order chi connectivity index (χ1) is 16.6. The van der Waals surface area contributed by atoms with Crippen molar-refractivity contribution >= 4 is 23.5 Å². The van der Waals surface area contributed by atoms with Gasteiger partial charge in [-0.25, -0.2) is 15.2 Å². The van der Waals surface area contributed by atoms with E-state index in [0.717, 1.165) is 12.1 Å². The number of rotatable bonds is 5. The maximum Gasteiger partial charge on any atom is 0.416 e. The van der Waals surface area contributed by atoms with Gasteiger partial charge in [0.15, 0.2) is 0 Å². The highest BCUT2D eigenvalue weighted by molar-refractivity contribution is 5.95. The second kappa shape index (κ2) is 9.65. The Bertz CT molecular complexity index is 1270. The molecule has 1 atom stereocenters. The van der Waals surface area contributed by atoms with Gasteiger partial charge in [0.2, 0.25) is 5.91 Å². The molecule has 1 aromatic carbocycles. The maximum atomic E-state index is 13.2. The lowest BCUT2D eigenvalue weighted by Gasteiger charge is -2.26. The average Bonchev–Trinajstić information content (AvgIpc) is 3.38. The molecule has 1 saturated heterocycles. The zero-order valence-electron chi connectivity index (χ0n) is 18.7. The highest BCUT2D eigenvalue weighted by atomic mass is 19.4. The van der Waals surface area contributed by atoms with Gasteiger partial charge < -0.3 is 10.2 Å². The van der Waals surface area contributed by atoms with E-state index in [4.69, 9.17) is 0 Å². The fourth-order valence-corrected chi connectivity index (χ4v) is 4.04. The lowest BCUT2D eigenvalue weighted by atomic mass is 10.0. The van der Waals surface area contributed by atoms with Crippen LogP contribution in [-0.4, -0.2) is 45.2 Å². The number of nitrogens with one attached hydrogen (secondary N) is 3. The van der Waals surface area contributed by atoms with Crippen molar-refractivity contribution in [1.82, 2.24) is 30.5 Å². The van der Waals surface area contributed by atoms with Crippen molar-refractivity contribution in [3.63, 3.8) is 0 Å². The summed E-state index contributed by atoms with van der Waals surface area (Å²) in [7, 11) is 0. The SMILES string of the molecule is Cc1nc2ccccn2c1C(=O)NNC(=O)NC(CN1CCCC1=O)c1cccc(C(F)(F)F)c1. The minimum absolute atomic E-state index is 0.00607. The predicted octanol–water partition coefficient (Wildman–Crippen LogP) is 2.97. The second-order valence-corrected chi connectivity index (χ2v) is 8.15. The van der Waals surface area contributed by atoms with Crippen LogP contribution in [0, 0.1) is 6.92 Å². The van der Waals surface area contributed by atoms with Crippen LogP contribution in [0.4, 0.5) is 18.0 Å². The van der Waals surface area contributed by atoms with Gasteiger partial charge in [0, 0.05) is 25.7 Å². The molecule has 2 aromatic heterocycles. The van der Waals surface area contributed by atoms with E-state index in [2.05, 4.69) is 21.2 Å². The number of amides is 4. The number of pyridine rings is 1. The van der Waals surface area contributed by atoms with Crippen molar-refractivity contribution < 1.29 is 27.6 Å². The van der Waals surface area contributed by atoms with E-state index in [0.29, 0.717) is 30.7 Å². The molecule has 4 rings (SSSR count). The summed E-state index contributed by atoms with van der Waals surface area (Å²) in [5.41, 5.74) is 5.05. The quantitative estimate of drug-likeness (QED) is 0.480. The number of aromatic nitrogens is 2. The molecule has 184 valence electrons. The van der Waals surface area contributed by atoms with Crippen molar-refractivity contribution in [3.8, 4) is 0 Å². The first-order valence-corrected chi connectivity index (χ1v) is 10.9. The number of alkyl halides is 3. The molecule has 1 unspecified atom stereocenters. The summed E-state index contributed by atoms with van der Waals surface area (Å²) in [5.74, 6) is -0.762. The number of benzene rings is 1. The summed E-state index contributed by atoms with van der Waals surface area (Å²) < 4.78 is 41.3. The van der Waals surface area contributed by atoms with Crippen molar-refractivity contribution in [2.45, 2.75) is 32.0 Å². The third-order valence-corrected chi connectivity index (χ3v) is 5.70. The van der Waals surface area contributed by atoms with Crippen LogP contribution in [0.1, 0.15) is 46.2 Å². The minimum Gasteiger partial charge on any atom is -0.340 e. The molecule has 1 fully saturated rings. The Morgan fingerprint density at radius 1 is 1.14 bits per heavy atom. The van der Waals surface area contributed by atoms with Crippen molar-refractivity contribution in [1.29, 1.82) is 0 Å². The van der Waals surface area contributed by atoms with Crippen LogP contribution in [0.3, 0.4) is 0 Å². The van der Waals surface area contributed by atoms with Crippen LogP contribution in [0.15, 0.2) is 48.7 Å². The van der Waals surface area contributed by atoms with E-state index in [9.17, 15) is 27.6 Å². The predicted molar refractivity (Wildman–Crippen MR) is 119 cm³/mol. The Labute approximate surface area is 198 Å². The van der Waals surface area contributed by atoms with Crippen molar-refractivity contribution in [2.75, 3.05) is 13.1 Å². The van der Waals surface area contributed by atoms with Crippen LogP contribution in [0.2, 0.25) is 0 Å². The average molecular weight is 488 g/mol. The van der Waals surface area contributed by atoms with Gasteiger partial charge in [0.05, 0.1) is 17.3 Å². The molecular formula is C23H23F3N6O3. The first-order valence-electron chi connectivity index (χ1n) is 10.9. The van der Waals surface area contributed by atoms with Crippen LogP contribution in [-0.2, 0) is 11.0 Å². The van der Waals surface area contributed by atoms with Crippen LogP contribution < -0.4 is 16.2 Å². The molecule has 3 N–H and O–H groups in total. The number of halogens is 3. The zero-order chi connectivity index (χ0) is 25.2. The van der Waals surface area contributed by atoms with Gasteiger partial charge in [-0.05, 0) is 43.2 Å². The number of hydrogen-bond donors (Lipinski definition) is 3. The zero-order valence-corrected chi connectivity index (χ0v) is 18.7. The summed E-state index contributed by atoms with van der Waals surface area (Å²) >= 11 is 0. The number of likely N-dealkylation sites (tertiary alicyclic amines) is 1. The van der Waals surface area contributed by atoms with E-state index in [1.54, 1.807) is 35.7 Å². The summed E-state index contributed by atoms with van der Waals surface area (Å²) in [6.07, 6.45) is -1.93. The monoisotopic (exact) mass is 488 g/mol. The Morgan fingerprint density at radius 3 is 2.66 bits per heavy atom. The molecule has 1 aliphatic rings. The number of carbonyl (C=O) groups is 3. The van der Waals surface area contributed by atoms with E-state index < -0.39 is 29.7 Å². The third-order valence-electron chi connectivity index (χ3n) is 5.70. The standard InChI is InChI=1S/C23H23F3N6O3/c1-14-20(32-11-3-2-8-18(32)27-14)21(34)29-30-22(35)28-17(13-31-10-5-9-19(31)33)15-6-4-7-16(12-15)23(24,25)26/h2-4,6-8,11-12,17H,5,9-10,13H2,1H3,(H,29,34)(H2,28,30,35). The summed E-state index contributed by atoms with van der Waals surface area (Å²) in [5, 5.41) is 2.56. The number of hydrazine groups is 1. The molecule has 12 heteroatoms. The molecule has 0 spiro atoms. The molecule has 3 heterocycles. The lowest BCUT2D eigenvalue weighted by molar-refractivity contribution is -0.137. The topological polar surface area (TPSA) is 108 Å². The molecule has 1 aliphatic heterocycles. The minimum atomic E-state index is -4.56. The van der Waals surface area contributed by atoms with E-state index in [-0.39, 0.29) is 23.7 Å². The number of carbonyl (C=O) groups excluding carboxylic acids is 3. The highest BCUT2D eigenvalue weighted by Crippen LogP contribution is 2.31. The number of hydrogen-bond acceptors (Lipinski definition) is 4. The van der Waals surface area contributed by atoms with Gasteiger partial charge in [-0.15, -0.1) is 0 Å². The Balaban J connectivity index is 1.48. The van der Waals surface area contributed by atoms with E-state index in [1.807, 2.05) is 0 Å². The lowest BCUT2D eigenvalue weighted by Crippen LogP contribution is -2.49. The largest absolute Gasteiger partial charge is 0.416 e. The van der Waals surface area contributed by atoms with Crippen molar-refractivity contribution in [3.05, 3.63) is 71.2 Å². The fraction of sp³-hybridized carbons (Fsp3) is 0.304. The number of aryl methyl sites for hydroxylation is 1. The number of nitrogens with zero attached hydrogens (tertiary/aromatic N) is 3. The Morgan fingerprint density at radius 2 is 1.94 bits per heavy atom. The van der Waals surface area contributed by atoms with Gasteiger partial charge in [0.25, 0.3) is 5.91 Å². The van der Waals surface area contributed by atoms with Gasteiger partial charge in [-0.1, -0.05) is 18.2 Å². The number of imidazole rings is 1. The van der Waals surface area contributed by atoms with Crippen LogP contribution in [0.25, 0.3) is 5.65 Å². The Kier molecular flexibility index (Phi) is 6.63. The third kappa shape index (κ3) is 5.36. The Hall–Kier alpha value is -4.09. The van der Waals surface area contributed by atoms with E-state index >= 15 is 0 Å². The van der Waals surface area contributed by atoms with Gasteiger partial charge >= 0.3 is 12.2 Å². The maximum absolute atomic E-state index is 13.2. The molecule has 0 aliphatic carbocycles. The molecule has 0 bridgehead atoms. The number of fused-ring (bicyclic) bond motifs is 1. The summed E-state index contributed by atoms with van der Waals surface area (Å²) in [6.45, 7) is 2.09. The van der Waals surface area contributed by atoms with E-state index in [1.165, 1.54) is 17.0 Å². The van der Waals surface area contributed by atoms with Gasteiger partial charge in [-0.3, -0.25) is 19.4 Å².